The number of hydrogen-bond donors (Lipinski definition) is 0. The molecule has 0 radical (unpaired) electrons. The fourth-order valence-electron chi connectivity index (χ4n) is 1.34. The van der Waals surface area contributed by atoms with E-state index < -0.39 is 18.2 Å². The lowest BCUT2D eigenvalue weighted by atomic mass is 10.3. The van der Waals surface area contributed by atoms with Crippen LogP contribution in [0.15, 0.2) is 48.5 Å². The lowest BCUT2D eigenvalue weighted by Gasteiger charge is -2.09. The van der Waals surface area contributed by atoms with E-state index in [4.69, 9.17) is 4.74 Å². The van der Waals surface area contributed by atoms with E-state index in [1.807, 2.05) is 24.3 Å². The van der Waals surface area contributed by atoms with Crippen molar-refractivity contribution in [3.8, 4) is 11.5 Å². The molecule has 0 aliphatic heterocycles. The van der Waals surface area contributed by atoms with Crippen LogP contribution in [-0.2, 0) is 0 Å². The summed E-state index contributed by atoms with van der Waals surface area (Å²) in [6.45, 7) is 0. The van der Waals surface area contributed by atoms with Gasteiger partial charge in [-0.05, 0) is 30.3 Å². The highest BCUT2D eigenvalue weighted by Crippen LogP contribution is 2.19. The van der Waals surface area contributed by atoms with Crippen LogP contribution in [0.5, 0.6) is 11.5 Å². The molecule has 0 N–H and O–H groups in total. The molecule has 0 heterocycles. The molecule has 78 valence electrons. The quantitative estimate of drug-likeness (QED) is 0.789. The lowest BCUT2D eigenvalue weighted by Crippen LogP contribution is -2.10. The van der Waals surface area contributed by atoms with Gasteiger partial charge in [0.2, 0.25) is 0 Å². The molecule has 0 bridgehead atoms. The zero-order valence-electron chi connectivity index (χ0n) is 8.49. The Kier molecular flexibility index (Phi) is 4.20. The number of rotatable bonds is 3. The molecule has 0 amide bonds. The van der Waals surface area contributed by atoms with Crippen LogP contribution >= 0.6 is 12.9 Å². The highest BCUT2D eigenvalue weighted by Gasteiger charge is 2.04. The van der Waals surface area contributed by atoms with Crippen LogP contribution in [0.25, 0.3) is 0 Å². The second kappa shape index (κ2) is 5.66. The summed E-state index contributed by atoms with van der Waals surface area (Å²) in [6.07, 6.45) is 0. The Morgan fingerprint density at radius 1 is 1.00 bits per heavy atom. The van der Waals surface area contributed by atoms with Gasteiger partial charge in [-0.15, -0.1) is 3.69 Å². The number of benzene rings is 2. The Balaban J connectivity index is 2.23. The van der Waals surface area contributed by atoms with Gasteiger partial charge in [-0.1, -0.05) is 18.2 Å². The van der Waals surface area contributed by atoms with Crippen LogP contribution in [0.2, 0.25) is 0 Å². The molecule has 0 aliphatic carbocycles. The van der Waals surface area contributed by atoms with Crippen LogP contribution < -0.4 is 8.43 Å². The SMILES string of the molecule is Fc1ccc(Oc2cccc[c]2[Mg][Br])cc1. The second-order valence-corrected chi connectivity index (χ2v) is 6.01. The van der Waals surface area contributed by atoms with Crippen molar-refractivity contribution in [1.29, 1.82) is 0 Å². The molecular formula is C12H8BrFMgO. The van der Waals surface area contributed by atoms with Crippen molar-refractivity contribution in [2.45, 2.75) is 0 Å². The van der Waals surface area contributed by atoms with Crippen LogP contribution in [0.3, 0.4) is 0 Å². The van der Waals surface area contributed by atoms with E-state index in [0.717, 1.165) is 5.75 Å². The monoisotopic (exact) mass is 290 g/mol. The van der Waals surface area contributed by atoms with Crippen molar-refractivity contribution < 1.29 is 9.13 Å². The van der Waals surface area contributed by atoms with Crippen molar-refractivity contribution in [2.24, 2.45) is 0 Å². The fraction of sp³-hybridized carbons (Fsp3) is 0. The molecule has 0 fully saturated rings. The Labute approximate surface area is 109 Å². The standard InChI is InChI=1S/C12H8FO.BrH.Mg/c13-10-6-8-12(9-7-10)14-11-4-2-1-3-5-11;;/h1-4,6-9H;1H;/q;;+1/p-1. The van der Waals surface area contributed by atoms with Gasteiger partial charge in [0.25, 0.3) is 0 Å². The van der Waals surface area contributed by atoms with E-state index in [-0.39, 0.29) is 5.82 Å². The topological polar surface area (TPSA) is 9.23 Å². The average molecular weight is 291 g/mol. The number of hydrogen-bond acceptors (Lipinski definition) is 1. The van der Waals surface area contributed by atoms with Crippen LogP contribution in [0.1, 0.15) is 0 Å². The zero-order valence-corrected chi connectivity index (χ0v) is 11.5. The Morgan fingerprint density at radius 2 is 1.69 bits per heavy atom. The molecule has 0 spiro atoms. The van der Waals surface area contributed by atoms with Crippen molar-refractivity contribution >= 4 is 34.8 Å². The molecule has 0 unspecified atom stereocenters. The summed E-state index contributed by atoms with van der Waals surface area (Å²) in [5.74, 6) is 1.25. The first-order valence-electron chi connectivity index (χ1n) is 4.87. The summed E-state index contributed by atoms with van der Waals surface area (Å²) >= 11 is 3.08. The molecule has 0 saturated carbocycles. The normalized spacial score (nSPS) is 9.62. The van der Waals surface area contributed by atoms with Crippen molar-refractivity contribution in [1.82, 2.24) is 0 Å². The van der Waals surface area contributed by atoms with Crippen molar-refractivity contribution in [3.05, 3.63) is 54.3 Å². The summed E-state index contributed by atoms with van der Waals surface area (Å²) in [5.41, 5.74) is 0. The second-order valence-electron chi connectivity index (χ2n) is 3.30. The van der Waals surface area contributed by atoms with E-state index >= 15 is 0 Å². The van der Waals surface area contributed by atoms with Crippen LogP contribution in [0, 0.1) is 5.82 Å². The fourth-order valence-corrected chi connectivity index (χ4v) is 3.28. The predicted octanol–water partition coefficient (Wildman–Crippen LogP) is 3.26. The first kappa shape index (κ1) is 11.9. The molecule has 0 aliphatic rings. The number of para-hydroxylation sites is 1. The minimum atomic E-state index is -0.448. The third-order valence-corrected chi connectivity index (χ3v) is 4.84. The maximum atomic E-state index is 12.7. The Morgan fingerprint density at radius 3 is 2.38 bits per heavy atom. The summed E-state index contributed by atoms with van der Waals surface area (Å²) in [6, 6.07) is 13.9. The van der Waals surface area contributed by atoms with Crippen molar-refractivity contribution in [3.63, 3.8) is 0 Å². The maximum absolute atomic E-state index is 12.7. The van der Waals surface area contributed by atoms with E-state index in [1.54, 1.807) is 12.1 Å². The summed E-state index contributed by atoms with van der Waals surface area (Å²) in [7, 11) is 0. The molecule has 1 nitrogen and oxygen atoms in total. The number of ether oxygens (including phenoxy) is 1. The molecule has 4 heteroatoms. The summed E-state index contributed by atoms with van der Waals surface area (Å²) in [5, 5.41) is 0. The lowest BCUT2D eigenvalue weighted by molar-refractivity contribution is 0.484. The first-order chi connectivity index (χ1) is 7.79. The van der Waals surface area contributed by atoms with Gasteiger partial charge in [0, 0.05) is 0 Å². The minimum absolute atomic E-state index is 0.254. The third-order valence-electron chi connectivity index (χ3n) is 2.16. The van der Waals surface area contributed by atoms with Gasteiger partial charge in [-0.2, -0.15) is 0 Å². The smallest absolute Gasteiger partial charge is 0.460 e. The zero-order chi connectivity index (χ0) is 11.4. The van der Waals surface area contributed by atoms with Gasteiger partial charge in [0.1, 0.15) is 17.3 Å². The van der Waals surface area contributed by atoms with Gasteiger partial charge in [-0.3, -0.25) is 12.9 Å². The Hall–Kier alpha value is -0.584. The third kappa shape index (κ3) is 2.96. The van der Waals surface area contributed by atoms with Crippen LogP contribution in [-0.4, -0.2) is 18.2 Å². The van der Waals surface area contributed by atoms with Crippen LogP contribution in [0.4, 0.5) is 4.39 Å². The van der Waals surface area contributed by atoms with E-state index in [1.165, 1.54) is 15.8 Å². The summed E-state index contributed by atoms with van der Waals surface area (Å²) in [4.78, 5) is 0. The Bertz CT molecular complexity index is 473. The maximum Gasteiger partial charge on any atom is 0.512 e. The molecule has 16 heavy (non-hydrogen) atoms. The molecule has 2 rings (SSSR count). The van der Waals surface area contributed by atoms with Gasteiger partial charge in [0.05, 0.1) is 0 Å². The molecule has 0 aromatic heterocycles. The highest BCUT2D eigenvalue weighted by molar-refractivity contribution is 9.23. The molecule has 2 aromatic carbocycles. The van der Waals surface area contributed by atoms with E-state index in [9.17, 15) is 4.39 Å². The predicted molar refractivity (Wildman–Crippen MR) is 67.2 cm³/mol. The van der Waals surface area contributed by atoms with Gasteiger partial charge in [0.15, 0.2) is 0 Å². The largest absolute Gasteiger partial charge is 0.512 e. The minimum Gasteiger partial charge on any atom is -0.460 e. The average Bonchev–Trinajstić information content (AvgIpc) is 2.33. The summed E-state index contributed by atoms with van der Waals surface area (Å²) < 4.78 is 19.6. The first-order valence-corrected chi connectivity index (χ1v) is 9.47. The van der Waals surface area contributed by atoms with Gasteiger partial charge < -0.3 is 4.74 Å². The van der Waals surface area contributed by atoms with E-state index in [2.05, 4.69) is 12.9 Å². The number of halogens is 2. The molecule has 2 aromatic rings. The van der Waals surface area contributed by atoms with Gasteiger partial charge in [-0.25, -0.2) is 4.39 Å². The highest BCUT2D eigenvalue weighted by atomic mass is 79.9. The van der Waals surface area contributed by atoms with Crippen molar-refractivity contribution in [2.75, 3.05) is 0 Å². The van der Waals surface area contributed by atoms with E-state index in [0.29, 0.717) is 5.75 Å². The molecule has 0 atom stereocenters. The molecular weight excluding hydrogens is 283 g/mol. The van der Waals surface area contributed by atoms with Gasteiger partial charge >= 0.3 is 18.2 Å². The molecule has 0 saturated heterocycles.